The molecule has 6 heteroatoms. The zero-order valence-corrected chi connectivity index (χ0v) is 9.83. The fraction of sp³-hybridized carbons (Fsp3) is 0.154. The van der Waals surface area contributed by atoms with Crippen LogP contribution in [0.1, 0.15) is 5.56 Å². The first-order chi connectivity index (χ1) is 8.93. The van der Waals surface area contributed by atoms with E-state index >= 15 is 0 Å². The lowest BCUT2D eigenvalue weighted by Gasteiger charge is -2.12. The summed E-state index contributed by atoms with van der Waals surface area (Å²) in [5.41, 5.74) is -0.906. The predicted octanol–water partition coefficient (Wildman–Crippen LogP) is 3.92. The van der Waals surface area contributed by atoms with Gasteiger partial charge in [0.1, 0.15) is 0 Å². The molecule has 0 fully saturated rings. The summed E-state index contributed by atoms with van der Waals surface area (Å²) < 4.78 is 56.6. The fourth-order valence-electron chi connectivity index (χ4n) is 1.70. The third-order valence-corrected chi connectivity index (χ3v) is 2.54. The van der Waals surface area contributed by atoms with E-state index in [1.54, 1.807) is 0 Å². The summed E-state index contributed by atoms with van der Waals surface area (Å²) in [4.78, 5) is 3.63. The maximum absolute atomic E-state index is 13.5. The van der Waals surface area contributed by atoms with Crippen molar-refractivity contribution in [3.63, 3.8) is 0 Å². The van der Waals surface area contributed by atoms with Crippen LogP contribution < -0.4 is 4.74 Å². The van der Waals surface area contributed by atoms with Crippen molar-refractivity contribution in [1.29, 1.82) is 0 Å². The SMILES string of the molecule is COc1ncc(-c2ccccc2C(F)(F)F)cc1F. The molecule has 0 aliphatic carbocycles. The summed E-state index contributed by atoms with van der Waals surface area (Å²) in [7, 11) is 1.23. The molecule has 0 saturated heterocycles. The normalized spacial score (nSPS) is 11.4. The summed E-state index contributed by atoms with van der Waals surface area (Å²) in [6, 6.07) is 5.91. The Morgan fingerprint density at radius 3 is 2.42 bits per heavy atom. The number of nitrogens with zero attached hydrogens (tertiary/aromatic N) is 1. The molecule has 0 radical (unpaired) electrons. The molecule has 0 amide bonds. The lowest BCUT2D eigenvalue weighted by Crippen LogP contribution is -2.07. The van der Waals surface area contributed by atoms with Gasteiger partial charge in [-0.05, 0) is 17.7 Å². The Morgan fingerprint density at radius 1 is 1.16 bits per heavy atom. The van der Waals surface area contributed by atoms with E-state index in [-0.39, 0.29) is 17.0 Å². The van der Waals surface area contributed by atoms with Crippen LogP contribution in [0.15, 0.2) is 36.5 Å². The number of alkyl halides is 3. The Bertz CT molecular complexity index is 595. The molecule has 100 valence electrons. The van der Waals surface area contributed by atoms with Gasteiger partial charge in [0.15, 0.2) is 5.82 Å². The van der Waals surface area contributed by atoms with Crippen LogP contribution in [-0.2, 0) is 6.18 Å². The minimum absolute atomic E-state index is 0.0474. The summed E-state index contributed by atoms with van der Waals surface area (Å²) in [5, 5.41) is 0. The van der Waals surface area contributed by atoms with Gasteiger partial charge in [0.05, 0.1) is 12.7 Å². The number of rotatable bonds is 2. The maximum Gasteiger partial charge on any atom is 0.417 e. The van der Waals surface area contributed by atoms with E-state index in [1.807, 2.05) is 0 Å². The van der Waals surface area contributed by atoms with Crippen LogP contribution in [0.2, 0.25) is 0 Å². The fourth-order valence-corrected chi connectivity index (χ4v) is 1.70. The molecule has 0 saturated carbocycles. The summed E-state index contributed by atoms with van der Waals surface area (Å²) >= 11 is 0. The van der Waals surface area contributed by atoms with Crippen LogP contribution in [0.3, 0.4) is 0 Å². The molecule has 0 atom stereocenters. The molecule has 2 aromatic rings. The smallest absolute Gasteiger partial charge is 0.417 e. The first-order valence-corrected chi connectivity index (χ1v) is 5.29. The second kappa shape index (κ2) is 4.87. The number of ether oxygens (including phenoxy) is 1. The van der Waals surface area contributed by atoms with E-state index in [4.69, 9.17) is 0 Å². The predicted molar refractivity (Wildman–Crippen MR) is 61.2 cm³/mol. The Morgan fingerprint density at radius 2 is 1.84 bits per heavy atom. The molecule has 0 N–H and O–H groups in total. The van der Waals surface area contributed by atoms with Gasteiger partial charge in [-0.25, -0.2) is 9.37 Å². The largest absolute Gasteiger partial charge is 0.479 e. The second-order valence-corrected chi connectivity index (χ2v) is 3.76. The average Bonchev–Trinajstić information content (AvgIpc) is 2.37. The summed E-state index contributed by atoms with van der Waals surface area (Å²) in [6.07, 6.45) is -3.36. The zero-order chi connectivity index (χ0) is 14.0. The molecular formula is C13H9F4NO. The highest BCUT2D eigenvalue weighted by Gasteiger charge is 2.33. The van der Waals surface area contributed by atoms with Crippen LogP contribution in [0.4, 0.5) is 17.6 Å². The van der Waals surface area contributed by atoms with Gasteiger partial charge in [0.2, 0.25) is 5.88 Å². The molecule has 2 nitrogen and oxygen atoms in total. The van der Waals surface area contributed by atoms with Gasteiger partial charge in [0, 0.05) is 11.8 Å². The van der Waals surface area contributed by atoms with Gasteiger partial charge in [-0.3, -0.25) is 0 Å². The zero-order valence-electron chi connectivity index (χ0n) is 9.83. The van der Waals surface area contributed by atoms with Crippen LogP contribution in [-0.4, -0.2) is 12.1 Å². The van der Waals surface area contributed by atoms with Crippen molar-refractivity contribution in [3.05, 3.63) is 47.9 Å². The van der Waals surface area contributed by atoms with Crippen LogP contribution in [0, 0.1) is 5.82 Å². The van der Waals surface area contributed by atoms with Gasteiger partial charge in [-0.2, -0.15) is 13.2 Å². The summed E-state index contributed by atoms with van der Waals surface area (Å²) in [6.45, 7) is 0. The van der Waals surface area contributed by atoms with Gasteiger partial charge < -0.3 is 4.74 Å². The van der Waals surface area contributed by atoms with Gasteiger partial charge >= 0.3 is 6.18 Å². The van der Waals surface area contributed by atoms with Crippen molar-refractivity contribution in [2.45, 2.75) is 6.18 Å². The van der Waals surface area contributed by atoms with Crippen molar-refractivity contribution >= 4 is 0 Å². The third-order valence-electron chi connectivity index (χ3n) is 2.54. The molecule has 0 spiro atoms. The van der Waals surface area contributed by atoms with Gasteiger partial charge in [-0.15, -0.1) is 0 Å². The number of benzene rings is 1. The Hall–Kier alpha value is -2.11. The molecule has 0 aliphatic heterocycles. The van der Waals surface area contributed by atoms with E-state index < -0.39 is 17.6 Å². The topological polar surface area (TPSA) is 22.1 Å². The summed E-state index contributed by atoms with van der Waals surface area (Å²) in [5.74, 6) is -1.06. The van der Waals surface area contributed by atoms with Crippen molar-refractivity contribution in [2.75, 3.05) is 7.11 Å². The number of pyridine rings is 1. The van der Waals surface area contributed by atoms with Crippen molar-refractivity contribution in [2.24, 2.45) is 0 Å². The standard InChI is InChI=1S/C13H9F4NO/c1-19-12-11(14)6-8(7-18-12)9-4-2-3-5-10(9)13(15,16)17/h2-7H,1H3. The number of halogens is 4. The van der Waals surface area contributed by atoms with E-state index in [9.17, 15) is 17.6 Å². The van der Waals surface area contributed by atoms with E-state index in [1.165, 1.54) is 25.3 Å². The molecule has 1 heterocycles. The Labute approximate surface area is 106 Å². The van der Waals surface area contributed by atoms with E-state index in [0.29, 0.717) is 0 Å². The molecule has 1 aromatic heterocycles. The van der Waals surface area contributed by atoms with Crippen LogP contribution >= 0.6 is 0 Å². The van der Waals surface area contributed by atoms with Crippen LogP contribution in [0.5, 0.6) is 5.88 Å². The maximum atomic E-state index is 13.5. The molecule has 0 unspecified atom stereocenters. The quantitative estimate of drug-likeness (QED) is 0.772. The van der Waals surface area contributed by atoms with Crippen LogP contribution in [0.25, 0.3) is 11.1 Å². The lowest BCUT2D eigenvalue weighted by atomic mass is 10.0. The Balaban J connectivity index is 2.57. The van der Waals surface area contributed by atoms with E-state index in [2.05, 4.69) is 9.72 Å². The molecule has 0 aliphatic rings. The van der Waals surface area contributed by atoms with Crippen molar-refractivity contribution in [1.82, 2.24) is 4.98 Å². The highest BCUT2D eigenvalue weighted by atomic mass is 19.4. The minimum atomic E-state index is -4.51. The minimum Gasteiger partial charge on any atom is -0.479 e. The number of hydrogen-bond donors (Lipinski definition) is 0. The first kappa shape index (κ1) is 13.3. The Kier molecular flexibility index (Phi) is 3.42. The molecule has 2 rings (SSSR count). The monoisotopic (exact) mass is 271 g/mol. The molecule has 19 heavy (non-hydrogen) atoms. The average molecular weight is 271 g/mol. The molecule has 0 bridgehead atoms. The highest BCUT2D eigenvalue weighted by molar-refractivity contribution is 5.67. The second-order valence-electron chi connectivity index (χ2n) is 3.76. The van der Waals surface area contributed by atoms with Crippen molar-refractivity contribution < 1.29 is 22.3 Å². The third kappa shape index (κ3) is 2.67. The lowest BCUT2D eigenvalue weighted by molar-refractivity contribution is -0.137. The van der Waals surface area contributed by atoms with E-state index in [0.717, 1.165) is 18.3 Å². The molecule has 1 aromatic carbocycles. The molecular weight excluding hydrogens is 262 g/mol. The highest BCUT2D eigenvalue weighted by Crippen LogP contribution is 2.37. The van der Waals surface area contributed by atoms with Crippen molar-refractivity contribution in [3.8, 4) is 17.0 Å². The first-order valence-electron chi connectivity index (χ1n) is 5.29. The number of aromatic nitrogens is 1. The number of methoxy groups -OCH3 is 1. The van der Waals surface area contributed by atoms with Gasteiger partial charge in [-0.1, -0.05) is 18.2 Å². The number of hydrogen-bond acceptors (Lipinski definition) is 2. The van der Waals surface area contributed by atoms with Gasteiger partial charge in [0.25, 0.3) is 0 Å².